The van der Waals surface area contributed by atoms with Gasteiger partial charge in [-0.05, 0) is 84.3 Å². The molecule has 0 aliphatic rings. The second-order valence-corrected chi connectivity index (χ2v) is 10.6. The molecule has 0 aliphatic carbocycles. The van der Waals surface area contributed by atoms with Crippen LogP contribution in [0.5, 0.6) is 11.5 Å². The van der Waals surface area contributed by atoms with Crippen molar-refractivity contribution in [1.82, 2.24) is 5.32 Å². The third-order valence-electron chi connectivity index (χ3n) is 7.46. The Hall–Kier alpha value is -4.29. The molecule has 0 radical (unpaired) electrons. The summed E-state index contributed by atoms with van der Waals surface area (Å²) >= 11 is 0. The number of ether oxygens (including phenoxy) is 2. The Morgan fingerprint density at radius 1 is 0.762 bits per heavy atom. The fraction of sp³-hybridized carbons (Fsp3) is 0.306. The molecule has 1 unspecified atom stereocenters. The molecule has 4 rings (SSSR count). The quantitative estimate of drug-likeness (QED) is 0.130. The van der Waals surface area contributed by atoms with Crippen molar-refractivity contribution in [1.29, 1.82) is 0 Å². The lowest BCUT2D eigenvalue weighted by Crippen LogP contribution is -2.29. The zero-order valence-corrected chi connectivity index (χ0v) is 24.9. The summed E-state index contributed by atoms with van der Waals surface area (Å²) in [6.45, 7) is 1.14. The average Bonchev–Trinajstić information content (AvgIpc) is 3.03. The molecule has 4 aromatic carbocycles. The van der Waals surface area contributed by atoms with Gasteiger partial charge in [0.25, 0.3) is 0 Å². The number of nitrogens with one attached hydrogen (secondary N) is 1. The van der Waals surface area contributed by atoms with Crippen molar-refractivity contribution in [2.24, 2.45) is 0 Å². The van der Waals surface area contributed by atoms with Crippen LogP contribution in [0.2, 0.25) is 0 Å². The number of amides is 1. The minimum Gasteiger partial charge on any atom is -0.497 e. The largest absolute Gasteiger partial charge is 0.497 e. The molecule has 0 saturated carbocycles. The highest BCUT2D eigenvalue weighted by atomic mass is 16.5. The third kappa shape index (κ3) is 8.14. The minimum absolute atomic E-state index is 0.0542. The van der Waals surface area contributed by atoms with Gasteiger partial charge in [-0.25, -0.2) is 0 Å². The first-order valence-electron chi connectivity index (χ1n) is 14.6. The van der Waals surface area contributed by atoms with Crippen molar-refractivity contribution in [3.05, 3.63) is 125 Å². The van der Waals surface area contributed by atoms with Gasteiger partial charge in [-0.2, -0.15) is 0 Å². The second kappa shape index (κ2) is 15.1. The van der Waals surface area contributed by atoms with E-state index < -0.39 is 5.60 Å². The number of benzene rings is 4. The number of unbranched alkanes of at least 4 members (excludes halogenated alkanes) is 1. The van der Waals surface area contributed by atoms with Gasteiger partial charge in [0.2, 0.25) is 5.91 Å². The maximum Gasteiger partial charge on any atom is 0.220 e. The van der Waals surface area contributed by atoms with E-state index in [2.05, 4.69) is 29.6 Å². The van der Waals surface area contributed by atoms with Crippen LogP contribution in [0.1, 0.15) is 47.9 Å². The normalized spacial score (nSPS) is 12.3. The molecule has 0 aromatic heterocycles. The van der Waals surface area contributed by atoms with Crippen LogP contribution in [0, 0.1) is 0 Å². The number of hydrogen-bond donors (Lipinski definition) is 2. The van der Waals surface area contributed by atoms with E-state index in [1.807, 2.05) is 97.9 Å². The molecule has 1 amide bonds. The molecular formula is C36H42N2O4. The van der Waals surface area contributed by atoms with Crippen molar-refractivity contribution in [2.45, 2.75) is 37.7 Å². The van der Waals surface area contributed by atoms with Crippen molar-refractivity contribution in [3.63, 3.8) is 0 Å². The molecule has 0 bridgehead atoms. The molecule has 1 atom stereocenters. The SMILES string of the molecule is COc1ccc(C(O)(c2ccc(OCCCC(=O)NCCCCc3ccccc3)cc2)c2ccc(N(C)C)cc2)cc1. The van der Waals surface area contributed by atoms with Crippen LogP contribution in [-0.2, 0) is 16.8 Å². The van der Waals surface area contributed by atoms with E-state index in [1.54, 1.807) is 7.11 Å². The molecule has 0 heterocycles. The topological polar surface area (TPSA) is 71.0 Å². The summed E-state index contributed by atoms with van der Waals surface area (Å²) in [6.07, 6.45) is 4.11. The summed E-state index contributed by atoms with van der Waals surface area (Å²) in [5.41, 5.74) is 3.24. The Kier molecular flexibility index (Phi) is 11.0. The monoisotopic (exact) mass is 566 g/mol. The lowest BCUT2D eigenvalue weighted by atomic mass is 9.80. The third-order valence-corrected chi connectivity index (χ3v) is 7.46. The van der Waals surface area contributed by atoms with E-state index in [9.17, 15) is 9.90 Å². The first-order valence-corrected chi connectivity index (χ1v) is 14.6. The number of carbonyl (C=O) groups is 1. The maximum atomic E-state index is 12.2. The van der Waals surface area contributed by atoms with Crippen LogP contribution in [0.3, 0.4) is 0 Å². The predicted octanol–water partition coefficient (Wildman–Crippen LogP) is 6.34. The Morgan fingerprint density at radius 3 is 1.90 bits per heavy atom. The number of aliphatic hydroxyl groups is 1. The van der Waals surface area contributed by atoms with Gasteiger partial charge in [0, 0.05) is 32.7 Å². The summed E-state index contributed by atoms with van der Waals surface area (Å²) in [5.74, 6) is 1.48. The Labute approximate surface area is 249 Å². The van der Waals surface area contributed by atoms with Crippen LogP contribution in [0.4, 0.5) is 5.69 Å². The molecule has 4 aromatic rings. The van der Waals surface area contributed by atoms with E-state index in [-0.39, 0.29) is 5.91 Å². The molecular weight excluding hydrogens is 524 g/mol. The van der Waals surface area contributed by atoms with Gasteiger partial charge in [-0.1, -0.05) is 66.7 Å². The molecule has 0 aliphatic heterocycles. The molecule has 0 fully saturated rings. The lowest BCUT2D eigenvalue weighted by molar-refractivity contribution is -0.121. The maximum absolute atomic E-state index is 12.2. The highest BCUT2D eigenvalue weighted by molar-refractivity contribution is 5.75. The fourth-order valence-corrected chi connectivity index (χ4v) is 4.96. The average molecular weight is 567 g/mol. The zero-order chi connectivity index (χ0) is 29.8. The number of aryl methyl sites for hydroxylation is 1. The number of nitrogens with zero attached hydrogens (tertiary/aromatic N) is 1. The first kappa shape index (κ1) is 30.7. The van der Waals surface area contributed by atoms with Crippen molar-refractivity contribution in [2.75, 3.05) is 39.3 Å². The number of rotatable bonds is 15. The fourth-order valence-electron chi connectivity index (χ4n) is 4.96. The van der Waals surface area contributed by atoms with E-state index >= 15 is 0 Å². The molecule has 0 spiro atoms. The number of anilines is 1. The van der Waals surface area contributed by atoms with Gasteiger partial charge in [-0.3, -0.25) is 4.79 Å². The standard InChI is InChI=1S/C36H42N2O4/c1-38(2)32-20-14-29(15-21-32)36(40,30-16-22-33(41-3)23-17-30)31-18-24-34(25-19-31)42-27-9-13-35(39)37-26-8-7-12-28-10-5-4-6-11-28/h4-6,10-11,14-25,40H,7-9,12-13,26-27H2,1-3H3,(H,37,39). The van der Waals surface area contributed by atoms with Crippen LogP contribution in [0.15, 0.2) is 103 Å². The smallest absolute Gasteiger partial charge is 0.220 e. The predicted molar refractivity (Wildman–Crippen MR) is 169 cm³/mol. The summed E-state index contributed by atoms with van der Waals surface area (Å²) < 4.78 is 11.2. The van der Waals surface area contributed by atoms with Crippen LogP contribution in [-0.4, -0.2) is 45.4 Å². The van der Waals surface area contributed by atoms with Crippen molar-refractivity contribution < 1.29 is 19.4 Å². The molecule has 220 valence electrons. The highest BCUT2D eigenvalue weighted by Crippen LogP contribution is 2.38. The van der Waals surface area contributed by atoms with Crippen LogP contribution in [0.25, 0.3) is 0 Å². The number of carbonyl (C=O) groups excluding carboxylic acids is 1. The molecule has 6 nitrogen and oxygen atoms in total. The molecule has 2 N–H and O–H groups in total. The van der Waals surface area contributed by atoms with Gasteiger partial charge < -0.3 is 24.8 Å². The van der Waals surface area contributed by atoms with E-state index in [0.29, 0.717) is 31.7 Å². The van der Waals surface area contributed by atoms with Crippen LogP contribution >= 0.6 is 0 Å². The first-order chi connectivity index (χ1) is 20.4. The molecule has 42 heavy (non-hydrogen) atoms. The Bertz CT molecular complexity index is 1370. The molecule has 6 heteroatoms. The van der Waals surface area contributed by atoms with Gasteiger partial charge >= 0.3 is 0 Å². The van der Waals surface area contributed by atoms with E-state index in [4.69, 9.17) is 9.47 Å². The van der Waals surface area contributed by atoms with Gasteiger partial charge in [0.1, 0.15) is 17.1 Å². The Morgan fingerprint density at radius 2 is 1.33 bits per heavy atom. The summed E-state index contributed by atoms with van der Waals surface area (Å²) in [7, 11) is 5.61. The van der Waals surface area contributed by atoms with Crippen molar-refractivity contribution in [3.8, 4) is 11.5 Å². The number of methoxy groups -OCH3 is 1. The number of hydrogen-bond acceptors (Lipinski definition) is 5. The summed E-state index contributed by atoms with van der Waals surface area (Å²) in [5, 5.41) is 15.2. The minimum atomic E-state index is -1.37. The zero-order valence-electron chi connectivity index (χ0n) is 24.9. The highest BCUT2D eigenvalue weighted by Gasteiger charge is 2.34. The second-order valence-electron chi connectivity index (χ2n) is 10.6. The molecule has 0 saturated heterocycles. The van der Waals surface area contributed by atoms with Gasteiger partial charge in [0.05, 0.1) is 13.7 Å². The van der Waals surface area contributed by atoms with Crippen LogP contribution < -0.4 is 19.7 Å². The van der Waals surface area contributed by atoms with Gasteiger partial charge in [0.15, 0.2) is 0 Å². The summed E-state index contributed by atoms with van der Waals surface area (Å²) in [6, 6.07) is 33.3. The van der Waals surface area contributed by atoms with E-state index in [0.717, 1.165) is 47.4 Å². The summed E-state index contributed by atoms with van der Waals surface area (Å²) in [4.78, 5) is 14.2. The van der Waals surface area contributed by atoms with Gasteiger partial charge in [-0.15, -0.1) is 0 Å². The Balaban J connectivity index is 1.30. The lowest BCUT2D eigenvalue weighted by Gasteiger charge is -2.31. The van der Waals surface area contributed by atoms with E-state index in [1.165, 1.54) is 5.56 Å². The van der Waals surface area contributed by atoms with Crippen molar-refractivity contribution >= 4 is 11.6 Å².